The Kier molecular flexibility index (Phi) is 2.28. The lowest BCUT2D eigenvalue weighted by molar-refractivity contribution is 0.433. The minimum absolute atomic E-state index is 0.388. The largest absolute Gasteiger partial charge is 0.315 e. The van der Waals surface area contributed by atoms with E-state index in [0.29, 0.717) is 13.0 Å². The molecule has 10 heavy (non-hydrogen) atoms. The van der Waals surface area contributed by atoms with Gasteiger partial charge in [0.1, 0.15) is 0 Å². The van der Waals surface area contributed by atoms with Crippen LogP contribution in [0.15, 0.2) is 0 Å². The molecule has 60 valence electrons. The Morgan fingerprint density at radius 2 is 2.20 bits per heavy atom. The molecule has 5 heteroatoms. The van der Waals surface area contributed by atoms with Crippen molar-refractivity contribution in [1.29, 1.82) is 0 Å². The van der Waals surface area contributed by atoms with Crippen molar-refractivity contribution in [2.75, 3.05) is 13.1 Å². The quantitative estimate of drug-likeness (QED) is 0.520. The maximum absolute atomic E-state index is 10.5. The van der Waals surface area contributed by atoms with Gasteiger partial charge in [-0.2, -0.15) is 8.42 Å². The van der Waals surface area contributed by atoms with Crippen LogP contribution in [0.4, 0.5) is 0 Å². The van der Waals surface area contributed by atoms with Crippen molar-refractivity contribution < 1.29 is 13.0 Å². The fraction of sp³-hybridized carbons (Fsp3) is 1.00. The molecule has 0 radical (unpaired) electrons. The fourth-order valence-electron chi connectivity index (χ4n) is 1.07. The maximum Gasteiger partial charge on any atom is 0.269 e. The van der Waals surface area contributed by atoms with E-state index in [4.69, 9.17) is 4.55 Å². The first kappa shape index (κ1) is 7.97. The molecule has 2 N–H and O–H groups in total. The third kappa shape index (κ3) is 1.93. The molecule has 0 aromatic rings. The summed E-state index contributed by atoms with van der Waals surface area (Å²) in [6, 6.07) is 0. The summed E-state index contributed by atoms with van der Waals surface area (Å²) in [6.07, 6.45) is 1.40. The van der Waals surface area contributed by atoms with E-state index >= 15 is 0 Å². The summed E-state index contributed by atoms with van der Waals surface area (Å²) >= 11 is 0. The van der Waals surface area contributed by atoms with E-state index in [1.165, 1.54) is 0 Å². The van der Waals surface area contributed by atoms with Gasteiger partial charge in [0.25, 0.3) is 10.1 Å². The Labute approximate surface area is 60.4 Å². The van der Waals surface area contributed by atoms with Gasteiger partial charge < -0.3 is 5.32 Å². The van der Waals surface area contributed by atoms with Gasteiger partial charge in [0, 0.05) is 6.54 Å². The highest BCUT2D eigenvalue weighted by Gasteiger charge is 2.24. The van der Waals surface area contributed by atoms with Gasteiger partial charge in [-0.3, -0.25) is 4.55 Å². The number of rotatable bonds is 1. The highest BCUT2D eigenvalue weighted by atomic mass is 32.2. The number of piperidine rings is 1. The van der Waals surface area contributed by atoms with Gasteiger partial charge in [0.05, 0.1) is 5.25 Å². The van der Waals surface area contributed by atoms with Crippen LogP contribution in [0.1, 0.15) is 12.8 Å². The lowest BCUT2D eigenvalue weighted by atomic mass is 10.2. The normalized spacial score (nSPS) is 28.3. The molecule has 1 atom stereocenters. The molecule has 1 fully saturated rings. The van der Waals surface area contributed by atoms with Crippen molar-refractivity contribution in [3.8, 4) is 0 Å². The van der Waals surface area contributed by atoms with E-state index in [2.05, 4.69) is 5.32 Å². The van der Waals surface area contributed by atoms with E-state index in [0.717, 1.165) is 13.0 Å². The lowest BCUT2D eigenvalue weighted by Gasteiger charge is -2.19. The van der Waals surface area contributed by atoms with Crippen molar-refractivity contribution in [1.82, 2.24) is 5.32 Å². The molecule has 0 bridgehead atoms. The zero-order chi connectivity index (χ0) is 7.61. The second kappa shape index (κ2) is 2.86. The molecule has 0 aliphatic carbocycles. The Morgan fingerprint density at radius 3 is 2.50 bits per heavy atom. The molecule has 1 unspecified atom stereocenters. The smallest absolute Gasteiger partial charge is 0.269 e. The van der Waals surface area contributed by atoms with Crippen LogP contribution < -0.4 is 5.32 Å². The summed E-state index contributed by atoms with van der Waals surface area (Å²) in [5.41, 5.74) is 0. The average Bonchev–Trinajstić information content (AvgIpc) is 1.88. The van der Waals surface area contributed by atoms with Crippen molar-refractivity contribution in [3.05, 3.63) is 0 Å². The number of nitrogens with one attached hydrogen (secondary N) is 1. The summed E-state index contributed by atoms with van der Waals surface area (Å²) < 4.78 is 29.6. The minimum Gasteiger partial charge on any atom is -0.315 e. The summed E-state index contributed by atoms with van der Waals surface area (Å²) in [7, 11) is -3.79. The van der Waals surface area contributed by atoms with Crippen LogP contribution >= 0.6 is 0 Å². The van der Waals surface area contributed by atoms with E-state index in [1.54, 1.807) is 0 Å². The predicted octanol–water partition coefficient (Wildman–Crippen LogP) is -0.374. The van der Waals surface area contributed by atoms with Gasteiger partial charge in [0.2, 0.25) is 0 Å². The zero-order valence-corrected chi connectivity index (χ0v) is 6.39. The van der Waals surface area contributed by atoms with Crippen LogP contribution in [0.5, 0.6) is 0 Å². The van der Waals surface area contributed by atoms with Gasteiger partial charge in [-0.1, -0.05) is 0 Å². The first-order valence-corrected chi connectivity index (χ1v) is 4.78. The first-order valence-electron chi connectivity index (χ1n) is 3.28. The van der Waals surface area contributed by atoms with Crippen molar-refractivity contribution in [3.63, 3.8) is 0 Å². The molecule has 1 rings (SSSR count). The topological polar surface area (TPSA) is 66.4 Å². The van der Waals surface area contributed by atoms with Gasteiger partial charge in [0.15, 0.2) is 0 Å². The summed E-state index contributed by atoms with van der Waals surface area (Å²) in [5.74, 6) is 0. The highest BCUT2D eigenvalue weighted by molar-refractivity contribution is 7.86. The zero-order valence-electron chi connectivity index (χ0n) is 5.58. The Hall–Kier alpha value is -0.130. The van der Waals surface area contributed by atoms with Crippen LogP contribution in [0.25, 0.3) is 0 Å². The minimum atomic E-state index is -3.79. The SMILES string of the molecule is O=S(=O)(O)C1CCCNC1. The average molecular weight is 165 g/mol. The summed E-state index contributed by atoms with van der Waals surface area (Å²) in [4.78, 5) is 0. The first-order chi connectivity index (χ1) is 4.61. The Bertz CT molecular complexity index is 193. The Morgan fingerprint density at radius 1 is 1.50 bits per heavy atom. The van der Waals surface area contributed by atoms with Gasteiger partial charge >= 0.3 is 0 Å². The molecule has 1 aliphatic heterocycles. The van der Waals surface area contributed by atoms with Crippen LogP contribution in [0.2, 0.25) is 0 Å². The van der Waals surface area contributed by atoms with Crippen LogP contribution in [-0.4, -0.2) is 31.3 Å². The highest BCUT2D eigenvalue weighted by Crippen LogP contribution is 2.09. The van der Waals surface area contributed by atoms with Gasteiger partial charge in [-0.25, -0.2) is 0 Å². The third-order valence-electron chi connectivity index (χ3n) is 1.67. The summed E-state index contributed by atoms with van der Waals surface area (Å²) in [5, 5.41) is 2.32. The van der Waals surface area contributed by atoms with E-state index in [-0.39, 0.29) is 0 Å². The predicted molar refractivity (Wildman–Crippen MR) is 37.4 cm³/mol. The van der Waals surface area contributed by atoms with E-state index < -0.39 is 15.4 Å². The standard InChI is InChI=1S/C5H11NO3S/c7-10(8,9)5-2-1-3-6-4-5/h5-6H,1-4H2,(H,7,8,9). The second-order valence-electron chi connectivity index (χ2n) is 2.48. The number of hydrogen-bond donors (Lipinski definition) is 2. The molecule has 1 heterocycles. The molecule has 1 aliphatic rings. The molecular formula is C5H11NO3S. The van der Waals surface area contributed by atoms with Gasteiger partial charge in [-0.15, -0.1) is 0 Å². The monoisotopic (exact) mass is 165 g/mol. The van der Waals surface area contributed by atoms with Gasteiger partial charge in [-0.05, 0) is 19.4 Å². The van der Waals surface area contributed by atoms with Crippen molar-refractivity contribution in [2.45, 2.75) is 18.1 Å². The fourth-order valence-corrected chi connectivity index (χ4v) is 1.87. The van der Waals surface area contributed by atoms with Crippen LogP contribution in [-0.2, 0) is 10.1 Å². The Balaban J connectivity index is 2.56. The van der Waals surface area contributed by atoms with E-state index in [1.807, 2.05) is 0 Å². The maximum atomic E-state index is 10.5. The number of hydrogen-bond acceptors (Lipinski definition) is 3. The molecule has 4 nitrogen and oxygen atoms in total. The van der Waals surface area contributed by atoms with Crippen molar-refractivity contribution >= 4 is 10.1 Å². The molecule has 1 saturated heterocycles. The third-order valence-corrected chi connectivity index (χ3v) is 2.92. The van der Waals surface area contributed by atoms with E-state index in [9.17, 15) is 8.42 Å². The summed E-state index contributed by atoms with van der Waals surface area (Å²) in [6.45, 7) is 1.24. The van der Waals surface area contributed by atoms with Crippen molar-refractivity contribution in [2.24, 2.45) is 0 Å². The molecule has 0 amide bonds. The molecule has 0 spiro atoms. The molecule has 0 aromatic heterocycles. The molecule has 0 aromatic carbocycles. The van der Waals surface area contributed by atoms with Crippen LogP contribution in [0.3, 0.4) is 0 Å². The molecular weight excluding hydrogens is 154 g/mol. The second-order valence-corrected chi connectivity index (χ2v) is 4.18. The lowest BCUT2D eigenvalue weighted by Crippen LogP contribution is -2.38. The van der Waals surface area contributed by atoms with Crippen LogP contribution in [0, 0.1) is 0 Å². The molecule has 0 saturated carbocycles.